The maximum Gasteiger partial charge on any atom is 0.229 e. The minimum Gasteiger partial charge on any atom is -0.478 e. The third-order valence-electron chi connectivity index (χ3n) is 4.92. The van der Waals surface area contributed by atoms with Gasteiger partial charge in [-0.2, -0.15) is 0 Å². The fraction of sp³-hybridized carbons (Fsp3) is 0.136. The summed E-state index contributed by atoms with van der Waals surface area (Å²) in [5, 5.41) is -0.253. The van der Waals surface area contributed by atoms with Crippen molar-refractivity contribution in [3.05, 3.63) is 70.0 Å². The number of nitrogens with two attached hydrogens (primary N) is 1. The SMILES string of the molecule is C[C@@H](Oc1c(N)ncc2c(-c3cccc(NS(C)(=O)=O)c3)coc12)c1c(Cl)c(F)cc(F)c1Cl. The number of rotatable bonds is 6. The molecule has 0 unspecified atom stereocenters. The summed E-state index contributed by atoms with van der Waals surface area (Å²) in [6.07, 6.45) is 2.94. The summed E-state index contributed by atoms with van der Waals surface area (Å²) in [7, 11) is -3.47. The third kappa shape index (κ3) is 4.61. The van der Waals surface area contributed by atoms with E-state index in [2.05, 4.69) is 9.71 Å². The molecule has 0 saturated heterocycles. The fourth-order valence-corrected chi connectivity index (χ4v) is 4.68. The number of pyridine rings is 1. The molecule has 12 heteroatoms. The van der Waals surface area contributed by atoms with Crippen LogP contribution in [0.5, 0.6) is 5.75 Å². The highest BCUT2D eigenvalue weighted by Crippen LogP contribution is 2.42. The molecule has 34 heavy (non-hydrogen) atoms. The van der Waals surface area contributed by atoms with Crippen molar-refractivity contribution in [2.75, 3.05) is 16.7 Å². The van der Waals surface area contributed by atoms with Crippen molar-refractivity contribution in [2.24, 2.45) is 0 Å². The maximum atomic E-state index is 14.0. The van der Waals surface area contributed by atoms with Gasteiger partial charge in [-0.3, -0.25) is 4.72 Å². The summed E-state index contributed by atoms with van der Waals surface area (Å²) in [5.74, 6) is -1.97. The third-order valence-corrected chi connectivity index (χ3v) is 6.30. The van der Waals surface area contributed by atoms with Crippen molar-refractivity contribution >= 4 is 55.7 Å². The van der Waals surface area contributed by atoms with Gasteiger partial charge in [0.25, 0.3) is 0 Å². The molecular weight excluding hydrogens is 511 g/mol. The first-order valence-electron chi connectivity index (χ1n) is 9.69. The number of hydrogen-bond acceptors (Lipinski definition) is 6. The van der Waals surface area contributed by atoms with Crippen LogP contribution in [0, 0.1) is 11.6 Å². The summed E-state index contributed by atoms with van der Waals surface area (Å²) in [6, 6.07) is 7.24. The summed E-state index contributed by atoms with van der Waals surface area (Å²) in [5.41, 5.74) is 7.72. The number of anilines is 2. The Bertz CT molecular complexity index is 1500. The Morgan fingerprint density at radius 3 is 2.50 bits per heavy atom. The van der Waals surface area contributed by atoms with Gasteiger partial charge in [-0.05, 0) is 24.6 Å². The van der Waals surface area contributed by atoms with Crippen LogP contribution in [0.2, 0.25) is 10.0 Å². The summed E-state index contributed by atoms with van der Waals surface area (Å²) in [4.78, 5) is 4.14. The monoisotopic (exact) mass is 527 g/mol. The van der Waals surface area contributed by atoms with Crippen molar-refractivity contribution in [2.45, 2.75) is 13.0 Å². The van der Waals surface area contributed by atoms with Gasteiger partial charge in [-0.25, -0.2) is 22.2 Å². The highest BCUT2D eigenvalue weighted by atomic mass is 35.5. The number of nitrogens with one attached hydrogen (secondary N) is 1. The number of fused-ring (bicyclic) bond motifs is 1. The van der Waals surface area contributed by atoms with Crippen molar-refractivity contribution < 1.29 is 26.4 Å². The van der Waals surface area contributed by atoms with Gasteiger partial charge in [0.15, 0.2) is 11.4 Å². The molecule has 3 N–H and O–H groups in total. The smallest absolute Gasteiger partial charge is 0.229 e. The molecule has 0 aliphatic heterocycles. The largest absolute Gasteiger partial charge is 0.478 e. The maximum absolute atomic E-state index is 14.0. The minimum atomic E-state index is -3.47. The number of ether oxygens (including phenoxy) is 1. The molecule has 0 aliphatic carbocycles. The lowest BCUT2D eigenvalue weighted by molar-refractivity contribution is 0.227. The zero-order valence-electron chi connectivity index (χ0n) is 17.7. The van der Waals surface area contributed by atoms with Gasteiger partial charge < -0.3 is 14.9 Å². The number of nitrogens with zero attached hydrogens (tertiary/aromatic N) is 1. The van der Waals surface area contributed by atoms with Crippen molar-refractivity contribution in [3.8, 4) is 16.9 Å². The number of halogens is 4. The van der Waals surface area contributed by atoms with Gasteiger partial charge in [-0.1, -0.05) is 35.3 Å². The lowest BCUT2D eigenvalue weighted by Crippen LogP contribution is -2.09. The normalized spacial score (nSPS) is 12.6. The Labute approximate surface area is 203 Å². The standard InChI is InChI=1S/C22H17Cl2F2N3O4S/c1-10(17-18(23)15(25)7-16(26)19(17)24)33-21-20-13(8-28-22(21)27)14(9-32-20)11-4-3-5-12(6-11)29-34(2,30)31/h3-10,29H,1-2H3,(H2,27,28)/t10-/m1/s1. The van der Waals surface area contributed by atoms with E-state index in [0.717, 1.165) is 6.26 Å². The predicted molar refractivity (Wildman–Crippen MR) is 128 cm³/mol. The van der Waals surface area contributed by atoms with Gasteiger partial charge >= 0.3 is 0 Å². The van der Waals surface area contributed by atoms with E-state index >= 15 is 0 Å². The number of hydrogen-bond donors (Lipinski definition) is 2. The molecule has 178 valence electrons. The molecule has 0 bridgehead atoms. The van der Waals surface area contributed by atoms with E-state index < -0.39 is 27.8 Å². The van der Waals surface area contributed by atoms with Gasteiger partial charge in [0.2, 0.25) is 15.8 Å². The van der Waals surface area contributed by atoms with E-state index in [1.54, 1.807) is 24.3 Å². The van der Waals surface area contributed by atoms with Crippen LogP contribution in [0.1, 0.15) is 18.6 Å². The Hall–Kier alpha value is -3.08. The van der Waals surface area contributed by atoms with Gasteiger partial charge in [0.1, 0.15) is 17.7 Å². The van der Waals surface area contributed by atoms with Crippen LogP contribution in [0.3, 0.4) is 0 Å². The average Bonchev–Trinajstić information content (AvgIpc) is 3.18. The van der Waals surface area contributed by atoms with Crippen LogP contribution in [0.15, 0.2) is 47.2 Å². The Balaban J connectivity index is 1.76. The second kappa shape index (κ2) is 8.94. The first kappa shape index (κ1) is 24.1. The van der Waals surface area contributed by atoms with E-state index in [-0.39, 0.29) is 32.8 Å². The van der Waals surface area contributed by atoms with Crippen LogP contribution in [0.4, 0.5) is 20.3 Å². The number of benzene rings is 2. The minimum absolute atomic E-state index is 0.0264. The van der Waals surface area contributed by atoms with Crippen LogP contribution in [-0.2, 0) is 10.0 Å². The molecule has 0 spiro atoms. The first-order chi connectivity index (χ1) is 16.0. The van der Waals surface area contributed by atoms with Crippen molar-refractivity contribution in [1.82, 2.24) is 4.98 Å². The molecule has 2 aromatic carbocycles. The molecule has 1 atom stereocenters. The molecule has 7 nitrogen and oxygen atoms in total. The van der Waals surface area contributed by atoms with Gasteiger partial charge in [-0.15, -0.1) is 0 Å². The van der Waals surface area contributed by atoms with E-state index in [0.29, 0.717) is 28.3 Å². The predicted octanol–water partition coefficient (Wildman–Crippen LogP) is 6.17. The molecule has 0 fully saturated rings. The Kier molecular flexibility index (Phi) is 6.32. The topological polar surface area (TPSA) is 107 Å². The lowest BCUT2D eigenvalue weighted by Gasteiger charge is -2.19. The number of furan rings is 1. The summed E-state index contributed by atoms with van der Waals surface area (Å²) >= 11 is 12.0. The zero-order valence-corrected chi connectivity index (χ0v) is 20.0. The highest BCUT2D eigenvalue weighted by Gasteiger charge is 2.25. The zero-order chi connectivity index (χ0) is 24.8. The number of sulfonamides is 1. The van der Waals surface area contributed by atoms with E-state index in [1.807, 2.05) is 0 Å². The van der Waals surface area contributed by atoms with Crippen LogP contribution in [0.25, 0.3) is 22.1 Å². The molecule has 0 aliphatic rings. The van der Waals surface area contributed by atoms with Gasteiger partial charge in [0.05, 0.1) is 28.0 Å². The molecule has 2 aromatic heterocycles. The Morgan fingerprint density at radius 1 is 1.18 bits per heavy atom. The molecule has 2 heterocycles. The van der Waals surface area contributed by atoms with Crippen molar-refractivity contribution in [1.29, 1.82) is 0 Å². The molecular formula is C22H17Cl2F2N3O4S. The molecule has 0 saturated carbocycles. The Morgan fingerprint density at radius 2 is 1.85 bits per heavy atom. The lowest BCUT2D eigenvalue weighted by atomic mass is 10.1. The second-order valence-electron chi connectivity index (χ2n) is 7.46. The first-order valence-corrected chi connectivity index (χ1v) is 12.3. The second-order valence-corrected chi connectivity index (χ2v) is 9.97. The summed E-state index contributed by atoms with van der Waals surface area (Å²) in [6.45, 7) is 1.49. The average molecular weight is 528 g/mol. The molecule has 0 amide bonds. The van der Waals surface area contributed by atoms with Gasteiger partial charge in [0, 0.05) is 29.1 Å². The van der Waals surface area contributed by atoms with Crippen molar-refractivity contribution in [3.63, 3.8) is 0 Å². The van der Waals surface area contributed by atoms with Crippen LogP contribution >= 0.6 is 23.2 Å². The van der Waals surface area contributed by atoms with Crippen LogP contribution < -0.4 is 15.2 Å². The van der Waals surface area contributed by atoms with Crippen LogP contribution in [-0.4, -0.2) is 19.7 Å². The van der Waals surface area contributed by atoms with E-state index in [4.69, 9.17) is 38.1 Å². The molecule has 4 rings (SSSR count). The number of aromatic nitrogens is 1. The van der Waals surface area contributed by atoms with E-state index in [1.165, 1.54) is 19.4 Å². The highest BCUT2D eigenvalue weighted by molar-refractivity contribution is 7.92. The molecule has 0 radical (unpaired) electrons. The molecule has 4 aromatic rings. The fourth-order valence-electron chi connectivity index (χ4n) is 3.47. The van der Waals surface area contributed by atoms with E-state index in [9.17, 15) is 17.2 Å². The summed E-state index contributed by atoms with van der Waals surface area (Å²) < 4.78 is 65.1. The quantitative estimate of drug-likeness (QED) is 0.290. The number of nitrogen functional groups attached to an aromatic ring is 1.